The van der Waals surface area contributed by atoms with Crippen LogP contribution in [0, 0.1) is 0 Å². The lowest BCUT2D eigenvalue weighted by atomic mass is 9.92. The van der Waals surface area contributed by atoms with Crippen LogP contribution >= 0.6 is 0 Å². The number of aromatic nitrogens is 1. The molecule has 38 heavy (non-hydrogen) atoms. The Kier molecular flexibility index (Phi) is 7.60. The monoisotopic (exact) mass is 528 g/mol. The summed E-state index contributed by atoms with van der Waals surface area (Å²) in [5, 5.41) is 11.2. The van der Waals surface area contributed by atoms with Crippen molar-refractivity contribution >= 4 is 16.7 Å². The van der Waals surface area contributed by atoms with Gasteiger partial charge in [-0.1, -0.05) is 46.2 Å². The van der Waals surface area contributed by atoms with Crippen LogP contribution in [0.1, 0.15) is 70.7 Å². The van der Waals surface area contributed by atoms with Gasteiger partial charge in [-0.2, -0.15) is 0 Å². The van der Waals surface area contributed by atoms with Gasteiger partial charge in [0, 0.05) is 28.6 Å². The number of ketones is 1. The number of halogens is 2. The molecule has 0 radical (unpaired) electrons. The number of alkyl halides is 2. The number of benzene rings is 2. The standard InChI is InChI=1S/C18H28N2O.C12H10F2O3/c1-5-6-13-7-8-16-14(9-13)10-17(18(2,3)4)20(16)12-15(21)11-19;1-7(15)11(4-5-11)8-2-3-9-10(6-8)17-12(13,14)16-9/h7-10,15,21H,5-6,11-12,19H2,1-4H3;2-3,6H,4-5H2,1H3. The Bertz CT molecular complexity index is 1320. The first kappa shape index (κ1) is 28.0. The van der Waals surface area contributed by atoms with E-state index in [1.807, 2.05) is 0 Å². The highest BCUT2D eigenvalue weighted by molar-refractivity contribution is 5.91. The van der Waals surface area contributed by atoms with Crippen molar-refractivity contribution in [3.05, 3.63) is 59.3 Å². The van der Waals surface area contributed by atoms with Crippen LogP contribution in [0.2, 0.25) is 0 Å². The normalized spacial score (nSPS) is 17.6. The molecule has 1 aliphatic heterocycles. The number of Topliss-reactive ketones (excluding diaryl/α,β-unsaturated/α-hetero) is 1. The molecule has 3 N–H and O–H groups in total. The SMILES string of the molecule is CC(=O)C1(c2ccc3c(c2)OC(F)(F)O3)CC1.CCCc1ccc2c(c1)cc(C(C)(C)C)n2CC(O)CN. The molecule has 0 amide bonds. The molecule has 2 aromatic carbocycles. The predicted molar refractivity (Wildman–Crippen MR) is 144 cm³/mol. The van der Waals surface area contributed by atoms with Crippen LogP contribution in [0.5, 0.6) is 11.5 Å². The Balaban J connectivity index is 0.000000180. The van der Waals surface area contributed by atoms with Crippen molar-refractivity contribution in [3.63, 3.8) is 0 Å². The minimum atomic E-state index is -3.60. The number of nitrogens with zero attached hydrogens (tertiary/aromatic N) is 1. The van der Waals surface area contributed by atoms with Crippen LogP contribution < -0.4 is 15.2 Å². The topological polar surface area (TPSA) is 86.7 Å². The molecule has 1 fully saturated rings. The molecule has 1 aliphatic carbocycles. The van der Waals surface area contributed by atoms with Crippen LogP contribution in [0.4, 0.5) is 8.78 Å². The van der Waals surface area contributed by atoms with Crippen molar-refractivity contribution in [3.8, 4) is 11.5 Å². The van der Waals surface area contributed by atoms with Gasteiger partial charge in [0.1, 0.15) is 5.78 Å². The second kappa shape index (κ2) is 10.3. The summed E-state index contributed by atoms with van der Waals surface area (Å²) >= 11 is 0. The second-order valence-electron chi connectivity index (χ2n) is 11.4. The Morgan fingerprint density at radius 2 is 1.79 bits per heavy atom. The number of aliphatic hydroxyl groups excluding tert-OH is 1. The first-order valence-electron chi connectivity index (χ1n) is 13.2. The van der Waals surface area contributed by atoms with E-state index in [9.17, 15) is 18.7 Å². The molecule has 0 bridgehead atoms. The molecule has 1 atom stereocenters. The van der Waals surface area contributed by atoms with Crippen LogP contribution in [-0.2, 0) is 28.6 Å². The van der Waals surface area contributed by atoms with E-state index in [4.69, 9.17) is 5.73 Å². The van der Waals surface area contributed by atoms with Gasteiger partial charge in [-0.25, -0.2) is 0 Å². The molecule has 206 valence electrons. The summed E-state index contributed by atoms with van der Waals surface area (Å²) in [7, 11) is 0. The fraction of sp³-hybridized carbons (Fsp3) is 0.500. The van der Waals surface area contributed by atoms with Crippen molar-refractivity contribution in [2.45, 2.75) is 90.1 Å². The van der Waals surface area contributed by atoms with E-state index in [0.29, 0.717) is 6.54 Å². The van der Waals surface area contributed by atoms with Gasteiger partial charge in [-0.05, 0) is 67.6 Å². The quantitative estimate of drug-likeness (QED) is 0.402. The summed E-state index contributed by atoms with van der Waals surface area (Å²) in [4.78, 5) is 11.5. The maximum atomic E-state index is 12.8. The van der Waals surface area contributed by atoms with Gasteiger partial charge in [-0.15, -0.1) is 8.78 Å². The number of rotatable bonds is 7. The molecular formula is C30H38F2N2O4. The van der Waals surface area contributed by atoms with E-state index >= 15 is 0 Å². The van der Waals surface area contributed by atoms with Crippen LogP contribution in [0.3, 0.4) is 0 Å². The van der Waals surface area contributed by atoms with E-state index in [-0.39, 0.29) is 29.2 Å². The molecule has 6 nitrogen and oxygen atoms in total. The van der Waals surface area contributed by atoms with Crippen LogP contribution in [-0.4, -0.2) is 34.4 Å². The van der Waals surface area contributed by atoms with Gasteiger partial charge < -0.3 is 24.9 Å². The van der Waals surface area contributed by atoms with Crippen LogP contribution in [0.15, 0.2) is 42.5 Å². The molecule has 2 heterocycles. The zero-order valence-electron chi connectivity index (χ0n) is 22.8. The first-order valence-corrected chi connectivity index (χ1v) is 13.2. The molecular weight excluding hydrogens is 490 g/mol. The number of hydrogen-bond acceptors (Lipinski definition) is 5. The Labute approximate surface area is 222 Å². The van der Waals surface area contributed by atoms with Gasteiger partial charge in [0.2, 0.25) is 0 Å². The molecule has 0 spiro atoms. The maximum Gasteiger partial charge on any atom is 0.586 e. The second-order valence-corrected chi connectivity index (χ2v) is 11.4. The maximum absolute atomic E-state index is 12.8. The Morgan fingerprint density at radius 1 is 1.11 bits per heavy atom. The van der Waals surface area contributed by atoms with Gasteiger partial charge >= 0.3 is 6.29 Å². The summed E-state index contributed by atoms with van der Waals surface area (Å²) in [6, 6.07) is 13.5. The third-order valence-electron chi connectivity index (χ3n) is 7.32. The highest BCUT2D eigenvalue weighted by Crippen LogP contribution is 2.52. The number of carbonyl (C=O) groups excluding carboxylic acids is 1. The number of fused-ring (bicyclic) bond motifs is 2. The molecule has 5 rings (SSSR count). The molecule has 1 unspecified atom stereocenters. The van der Waals surface area contributed by atoms with E-state index in [0.717, 1.165) is 31.2 Å². The molecule has 2 aliphatic rings. The summed E-state index contributed by atoms with van der Waals surface area (Å²) in [6.07, 6.45) is -0.316. The highest BCUT2D eigenvalue weighted by atomic mass is 19.3. The molecule has 1 aromatic heterocycles. The molecule has 3 aromatic rings. The zero-order valence-corrected chi connectivity index (χ0v) is 22.8. The lowest BCUT2D eigenvalue weighted by molar-refractivity contribution is -0.286. The number of ether oxygens (including phenoxy) is 2. The molecule has 8 heteroatoms. The van der Waals surface area contributed by atoms with E-state index in [1.54, 1.807) is 6.07 Å². The fourth-order valence-corrected chi connectivity index (χ4v) is 5.08. The highest BCUT2D eigenvalue weighted by Gasteiger charge is 2.50. The number of nitrogens with two attached hydrogens (primary N) is 1. The minimum absolute atomic E-state index is 0.0000231. The van der Waals surface area contributed by atoms with Gasteiger partial charge in [0.25, 0.3) is 0 Å². The van der Waals surface area contributed by atoms with E-state index in [2.05, 4.69) is 66.0 Å². The van der Waals surface area contributed by atoms with E-state index in [1.165, 1.54) is 41.2 Å². The summed E-state index contributed by atoms with van der Waals surface area (Å²) in [5.74, 6) is 0.0706. The number of hydrogen-bond donors (Lipinski definition) is 2. The van der Waals surface area contributed by atoms with Crippen molar-refractivity contribution < 1.29 is 28.2 Å². The average Bonchev–Trinajstić information content (AvgIpc) is 3.49. The van der Waals surface area contributed by atoms with Gasteiger partial charge in [0.15, 0.2) is 11.5 Å². The van der Waals surface area contributed by atoms with Gasteiger partial charge in [-0.3, -0.25) is 4.79 Å². The van der Waals surface area contributed by atoms with Crippen molar-refractivity contribution in [2.24, 2.45) is 5.73 Å². The van der Waals surface area contributed by atoms with Crippen molar-refractivity contribution in [1.82, 2.24) is 4.57 Å². The lowest BCUT2D eigenvalue weighted by Gasteiger charge is -2.23. The Morgan fingerprint density at radius 3 is 2.37 bits per heavy atom. The third kappa shape index (κ3) is 5.71. The van der Waals surface area contributed by atoms with Crippen molar-refractivity contribution in [1.29, 1.82) is 0 Å². The smallest absolute Gasteiger partial charge is 0.395 e. The zero-order chi connectivity index (χ0) is 27.9. The summed E-state index contributed by atoms with van der Waals surface area (Å²) in [6.45, 7) is 11.2. The predicted octanol–water partition coefficient (Wildman–Crippen LogP) is 5.84. The number of aryl methyl sites for hydroxylation is 1. The third-order valence-corrected chi connectivity index (χ3v) is 7.32. The fourth-order valence-electron chi connectivity index (χ4n) is 5.08. The van der Waals surface area contributed by atoms with Gasteiger partial charge in [0.05, 0.1) is 18.1 Å². The number of aliphatic hydroxyl groups is 1. The number of carbonyl (C=O) groups is 1. The molecule has 1 saturated carbocycles. The Hall–Kier alpha value is -2.97. The summed E-state index contributed by atoms with van der Waals surface area (Å²) < 4.78 is 36.6. The largest absolute Gasteiger partial charge is 0.586 e. The summed E-state index contributed by atoms with van der Waals surface area (Å²) in [5.41, 5.74) is 9.68. The molecule has 0 saturated heterocycles. The van der Waals surface area contributed by atoms with Crippen molar-refractivity contribution in [2.75, 3.05) is 6.54 Å². The first-order chi connectivity index (χ1) is 17.8. The van der Waals surface area contributed by atoms with E-state index < -0.39 is 17.8 Å². The van der Waals surface area contributed by atoms with Crippen LogP contribution in [0.25, 0.3) is 10.9 Å². The lowest BCUT2D eigenvalue weighted by Crippen LogP contribution is -2.28. The minimum Gasteiger partial charge on any atom is -0.395 e. The average molecular weight is 529 g/mol.